The van der Waals surface area contributed by atoms with Gasteiger partial charge in [-0.05, 0) is 58.2 Å². The van der Waals surface area contributed by atoms with E-state index in [-0.39, 0.29) is 49.2 Å². The van der Waals surface area contributed by atoms with Crippen molar-refractivity contribution in [3.05, 3.63) is 57.8 Å². The quantitative estimate of drug-likeness (QED) is 0.744. The summed E-state index contributed by atoms with van der Waals surface area (Å²) in [6.45, 7) is 2.56. The van der Waals surface area contributed by atoms with Crippen molar-refractivity contribution in [3.63, 3.8) is 0 Å². The van der Waals surface area contributed by atoms with Crippen LogP contribution in [0.25, 0.3) is 0 Å². The molecule has 150 valence electrons. The van der Waals surface area contributed by atoms with Crippen LogP contribution in [-0.2, 0) is 21.2 Å². The van der Waals surface area contributed by atoms with Gasteiger partial charge >= 0.3 is 0 Å². The van der Waals surface area contributed by atoms with Crippen LogP contribution in [0.1, 0.15) is 11.1 Å². The minimum Gasteiger partial charge on any atom is -0.507 e. The Hall–Kier alpha value is -1.97. The summed E-state index contributed by atoms with van der Waals surface area (Å²) in [5.74, 6) is -0.825. The maximum atomic E-state index is 13.3. The number of nitrogens with zero attached hydrogens (tertiary/aromatic N) is 2. The number of carbonyl (C=O) groups excluding carboxylic acids is 1. The molecule has 1 amide bonds. The van der Waals surface area contributed by atoms with Crippen LogP contribution < -0.4 is 0 Å². The molecule has 28 heavy (non-hydrogen) atoms. The lowest BCUT2D eigenvalue weighted by atomic mass is 10.1. The molecule has 1 aliphatic heterocycles. The van der Waals surface area contributed by atoms with Gasteiger partial charge in [-0.15, -0.1) is 0 Å². The summed E-state index contributed by atoms with van der Waals surface area (Å²) < 4.78 is 40.5. The number of halogens is 2. The zero-order valence-corrected chi connectivity index (χ0v) is 17.6. The van der Waals surface area contributed by atoms with Crippen molar-refractivity contribution in [3.8, 4) is 5.75 Å². The Morgan fingerprint density at radius 3 is 2.46 bits per heavy atom. The van der Waals surface area contributed by atoms with E-state index in [0.717, 1.165) is 5.56 Å². The fourth-order valence-corrected chi connectivity index (χ4v) is 5.10. The topological polar surface area (TPSA) is 77.9 Å². The average molecular weight is 471 g/mol. The van der Waals surface area contributed by atoms with E-state index in [1.165, 1.54) is 22.5 Å². The van der Waals surface area contributed by atoms with Crippen LogP contribution >= 0.6 is 15.9 Å². The number of sulfonamides is 1. The van der Waals surface area contributed by atoms with Crippen molar-refractivity contribution < 1.29 is 22.7 Å². The maximum absolute atomic E-state index is 13.3. The molecular weight excluding hydrogens is 451 g/mol. The number of piperazine rings is 1. The Bertz CT molecular complexity index is 1000. The number of rotatable bonds is 4. The molecule has 0 aromatic heterocycles. The largest absolute Gasteiger partial charge is 0.507 e. The second-order valence-electron chi connectivity index (χ2n) is 6.68. The van der Waals surface area contributed by atoms with Crippen molar-refractivity contribution in [1.29, 1.82) is 0 Å². The van der Waals surface area contributed by atoms with Crippen molar-refractivity contribution in [1.82, 2.24) is 9.21 Å². The zero-order valence-electron chi connectivity index (χ0n) is 15.2. The molecule has 6 nitrogen and oxygen atoms in total. The molecule has 0 spiro atoms. The molecule has 1 aliphatic rings. The van der Waals surface area contributed by atoms with Gasteiger partial charge in [-0.2, -0.15) is 4.31 Å². The van der Waals surface area contributed by atoms with Gasteiger partial charge in [0, 0.05) is 26.2 Å². The van der Waals surface area contributed by atoms with E-state index < -0.39 is 15.8 Å². The Labute approximate surface area is 171 Å². The summed E-state index contributed by atoms with van der Waals surface area (Å²) >= 11 is 3.10. The highest BCUT2D eigenvalue weighted by Crippen LogP contribution is 2.27. The molecule has 0 radical (unpaired) electrons. The van der Waals surface area contributed by atoms with E-state index in [4.69, 9.17) is 0 Å². The van der Waals surface area contributed by atoms with Gasteiger partial charge in [0.05, 0.1) is 10.9 Å². The third-order valence-electron chi connectivity index (χ3n) is 4.66. The van der Waals surface area contributed by atoms with Gasteiger partial charge in [-0.1, -0.05) is 12.1 Å². The summed E-state index contributed by atoms with van der Waals surface area (Å²) in [4.78, 5) is 14.0. The van der Waals surface area contributed by atoms with Gasteiger partial charge in [0.15, 0.2) is 0 Å². The Kier molecular flexibility index (Phi) is 6.07. The monoisotopic (exact) mass is 470 g/mol. The van der Waals surface area contributed by atoms with Gasteiger partial charge in [0.1, 0.15) is 16.5 Å². The van der Waals surface area contributed by atoms with Gasteiger partial charge in [-0.25, -0.2) is 12.8 Å². The van der Waals surface area contributed by atoms with Crippen LogP contribution in [0.4, 0.5) is 4.39 Å². The summed E-state index contributed by atoms with van der Waals surface area (Å²) in [5, 5.41) is 9.95. The van der Waals surface area contributed by atoms with E-state index >= 15 is 0 Å². The molecule has 1 saturated heterocycles. The highest BCUT2D eigenvalue weighted by molar-refractivity contribution is 9.10. The maximum Gasteiger partial charge on any atom is 0.246 e. The van der Waals surface area contributed by atoms with Crippen LogP contribution in [0.3, 0.4) is 0 Å². The van der Waals surface area contributed by atoms with Crippen LogP contribution in [0, 0.1) is 12.7 Å². The molecule has 0 unspecified atom stereocenters. The molecule has 0 aliphatic carbocycles. The fourth-order valence-electron chi connectivity index (χ4n) is 3.08. The van der Waals surface area contributed by atoms with Gasteiger partial charge in [-0.3, -0.25) is 4.79 Å². The Balaban J connectivity index is 1.65. The first-order valence-corrected chi connectivity index (χ1v) is 10.9. The second-order valence-corrected chi connectivity index (χ2v) is 9.44. The molecule has 2 aromatic carbocycles. The van der Waals surface area contributed by atoms with Gasteiger partial charge < -0.3 is 10.0 Å². The summed E-state index contributed by atoms with van der Waals surface area (Å²) in [6.07, 6.45) is 0.115. The van der Waals surface area contributed by atoms with Crippen LogP contribution in [0.5, 0.6) is 5.75 Å². The molecule has 9 heteroatoms. The molecule has 0 saturated carbocycles. The van der Waals surface area contributed by atoms with Crippen molar-refractivity contribution in [2.75, 3.05) is 26.2 Å². The Morgan fingerprint density at radius 2 is 1.82 bits per heavy atom. The number of aryl methyl sites for hydroxylation is 1. The number of hydrogen-bond acceptors (Lipinski definition) is 4. The smallest absolute Gasteiger partial charge is 0.246 e. The third-order valence-corrected chi connectivity index (χ3v) is 7.20. The van der Waals surface area contributed by atoms with Crippen molar-refractivity contribution >= 4 is 31.9 Å². The number of amides is 1. The SMILES string of the molecule is Cc1ccc(O)c(S(=O)(=O)N2CCN(C(=O)Cc3ccc(F)c(Br)c3)CC2)c1. The predicted octanol–water partition coefficient (Wildman–Crippen LogP) is 2.68. The number of aromatic hydroxyl groups is 1. The molecule has 2 aromatic rings. The number of carbonyl (C=O) groups is 1. The molecule has 1 N–H and O–H groups in total. The number of phenolic OH excluding ortho intramolecular Hbond substituents is 1. The number of phenols is 1. The summed E-state index contributed by atoms with van der Waals surface area (Å²) in [7, 11) is -3.84. The lowest BCUT2D eigenvalue weighted by Gasteiger charge is -2.34. The second kappa shape index (κ2) is 8.18. The van der Waals surface area contributed by atoms with E-state index in [9.17, 15) is 22.7 Å². The molecular formula is C19H20BrFN2O4S. The minimum absolute atomic E-state index is 0.115. The van der Waals surface area contributed by atoms with Gasteiger partial charge in [0.2, 0.25) is 15.9 Å². The van der Waals surface area contributed by atoms with E-state index in [0.29, 0.717) is 10.0 Å². The fraction of sp³-hybridized carbons (Fsp3) is 0.316. The van der Waals surface area contributed by atoms with Crippen LogP contribution in [-0.4, -0.2) is 54.8 Å². The summed E-state index contributed by atoms with van der Waals surface area (Å²) in [6, 6.07) is 8.86. The van der Waals surface area contributed by atoms with Crippen LogP contribution in [0.15, 0.2) is 45.8 Å². The summed E-state index contributed by atoms with van der Waals surface area (Å²) in [5.41, 5.74) is 1.41. The van der Waals surface area contributed by atoms with E-state index in [2.05, 4.69) is 15.9 Å². The average Bonchev–Trinajstić information content (AvgIpc) is 2.66. The highest BCUT2D eigenvalue weighted by atomic mass is 79.9. The first-order chi connectivity index (χ1) is 13.2. The number of benzene rings is 2. The van der Waals surface area contributed by atoms with E-state index in [1.807, 2.05) is 0 Å². The molecule has 1 fully saturated rings. The predicted molar refractivity (Wildman–Crippen MR) is 106 cm³/mol. The zero-order chi connectivity index (χ0) is 20.5. The molecule has 1 heterocycles. The first kappa shape index (κ1) is 20.8. The normalized spacial score (nSPS) is 15.6. The lowest BCUT2D eigenvalue weighted by Crippen LogP contribution is -2.50. The first-order valence-electron chi connectivity index (χ1n) is 8.70. The third kappa shape index (κ3) is 4.37. The minimum atomic E-state index is -3.84. The highest BCUT2D eigenvalue weighted by Gasteiger charge is 2.31. The van der Waals surface area contributed by atoms with Crippen molar-refractivity contribution in [2.24, 2.45) is 0 Å². The van der Waals surface area contributed by atoms with Crippen LogP contribution in [0.2, 0.25) is 0 Å². The molecule has 3 rings (SSSR count). The standard InChI is InChI=1S/C19H20BrFN2O4S/c1-13-2-5-17(24)18(10-13)28(26,27)23-8-6-22(7-9-23)19(25)12-14-3-4-16(21)15(20)11-14/h2-5,10-11,24H,6-9,12H2,1H3. The van der Waals surface area contributed by atoms with E-state index in [1.54, 1.807) is 30.0 Å². The number of hydrogen-bond donors (Lipinski definition) is 1. The molecule has 0 atom stereocenters. The Morgan fingerprint density at radius 1 is 1.14 bits per heavy atom. The molecule has 0 bridgehead atoms. The van der Waals surface area contributed by atoms with Gasteiger partial charge in [0.25, 0.3) is 0 Å². The lowest BCUT2D eigenvalue weighted by molar-refractivity contribution is -0.131. The van der Waals surface area contributed by atoms with Crippen molar-refractivity contribution in [2.45, 2.75) is 18.2 Å².